The average Bonchev–Trinajstić information content (AvgIpc) is 3.33. The minimum absolute atomic E-state index is 0.00171. The van der Waals surface area contributed by atoms with E-state index >= 15 is 0 Å². The number of carbonyl (C=O) groups excluding carboxylic acids is 2. The largest absolute Gasteiger partial charge is 0.342 e. The van der Waals surface area contributed by atoms with Gasteiger partial charge in [-0.25, -0.2) is 0 Å². The van der Waals surface area contributed by atoms with Gasteiger partial charge in [-0.05, 0) is 41.3 Å². The molecular weight excluding hydrogens is 420 g/mol. The lowest BCUT2D eigenvalue weighted by atomic mass is 10.00. The first-order chi connectivity index (χ1) is 15.5. The van der Waals surface area contributed by atoms with Gasteiger partial charge in [0, 0.05) is 50.4 Å². The van der Waals surface area contributed by atoms with Crippen molar-refractivity contribution in [3.63, 3.8) is 0 Å². The van der Waals surface area contributed by atoms with Crippen LogP contribution in [0.3, 0.4) is 0 Å². The molecule has 3 aromatic rings. The quantitative estimate of drug-likeness (QED) is 0.557. The smallest absolute Gasteiger partial charge is 0.245 e. The van der Waals surface area contributed by atoms with E-state index in [4.69, 9.17) is 0 Å². The van der Waals surface area contributed by atoms with Crippen LogP contribution in [0.4, 0.5) is 0 Å². The zero-order valence-corrected chi connectivity index (χ0v) is 19.3. The number of rotatable bonds is 7. The van der Waals surface area contributed by atoms with Gasteiger partial charge >= 0.3 is 0 Å². The van der Waals surface area contributed by atoms with Gasteiger partial charge < -0.3 is 9.80 Å². The predicted molar refractivity (Wildman–Crippen MR) is 127 cm³/mol. The Morgan fingerprint density at radius 3 is 2.62 bits per heavy atom. The van der Waals surface area contributed by atoms with Crippen LogP contribution in [0.15, 0.2) is 66.3 Å². The highest BCUT2D eigenvalue weighted by Crippen LogP contribution is 2.25. The molecule has 1 fully saturated rings. The molecule has 2 amide bonds. The van der Waals surface area contributed by atoms with Crippen LogP contribution >= 0.6 is 11.3 Å². The number of amides is 2. The number of likely N-dealkylation sites (N-methyl/N-ethyl adjacent to an activating group) is 2. The number of benzene rings is 1. The summed E-state index contributed by atoms with van der Waals surface area (Å²) in [6, 6.07) is 15.9. The van der Waals surface area contributed by atoms with Crippen LogP contribution in [0, 0.1) is 0 Å². The van der Waals surface area contributed by atoms with Crippen molar-refractivity contribution in [1.29, 1.82) is 0 Å². The number of hydrogen-bond acceptors (Lipinski definition) is 5. The molecule has 166 valence electrons. The zero-order chi connectivity index (χ0) is 22.5. The number of aromatic nitrogens is 1. The molecule has 0 bridgehead atoms. The van der Waals surface area contributed by atoms with Gasteiger partial charge in [0.25, 0.3) is 0 Å². The highest BCUT2D eigenvalue weighted by atomic mass is 32.1. The monoisotopic (exact) mass is 448 g/mol. The van der Waals surface area contributed by atoms with Gasteiger partial charge in [-0.3, -0.25) is 19.5 Å². The molecule has 32 heavy (non-hydrogen) atoms. The number of piperazine rings is 1. The Kier molecular flexibility index (Phi) is 6.97. The third-order valence-corrected chi connectivity index (χ3v) is 6.72. The second kappa shape index (κ2) is 10.1. The first-order valence-electron chi connectivity index (χ1n) is 10.8. The van der Waals surface area contributed by atoms with Crippen LogP contribution in [-0.4, -0.2) is 71.3 Å². The number of nitrogens with zero attached hydrogens (tertiary/aromatic N) is 4. The van der Waals surface area contributed by atoms with Crippen molar-refractivity contribution in [3.8, 4) is 10.4 Å². The van der Waals surface area contributed by atoms with E-state index in [9.17, 15) is 9.59 Å². The summed E-state index contributed by atoms with van der Waals surface area (Å²) < 4.78 is 0. The summed E-state index contributed by atoms with van der Waals surface area (Å²) >= 11 is 1.71. The summed E-state index contributed by atoms with van der Waals surface area (Å²) in [5.41, 5.74) is 3.28. The molecule has 2 aromatic heterocycles. The van der Waals surface area contributed by atoms with E-state index in [2.05, 4.69) is 40.7 Å². The van der Waals surface area contributed by atoms with E-state index in [0.717, 1.165) is 11.1 Å². The van der Waals surface area contributed by atoms with E-state index in [1.54, 1.807) is 27.3 Å². The fourth-order valence-electron chi connectivity index (χ4n) is 4.06. The lowest BCUT2D eigenvalue weighted by Gasteiger charge is -2.40. The Bertz CT molecular complexity index is 1040. The van der Waals surface area contributed by atoms with Crippen molar-refractivity contribution in [2.75, 3.05) is 33.7 Å². The molecule has 0 unspecified atom stereocenters. The summed E-state index contributed by atoms with van der Waals surface area (Å²) in [7, 11) is 3.73. The van der Waals surface area contributed by atoms with Crippen molar-refractivity contribution in [1.82, 2.24) is 19.7 Å². The summed E-state index contributed by atoms with van der Waals surface area (Å²) in [5, 5.41) is 2.06. The van der Waals surface area contributed by atoms with Gasteiger partial charge in [-0.1, -0.05) is 36.4 Å². The van der Waals surface area contributed by atoms with Crippen LogP contribution in [0.1, 0.15) is 11.1 Å². The van der Waals surface area contributed by atoms with Crippen LogP contribution < -0.4 is 0 Å². The maximum atomic E-state index is 13.2. The maximum Gasteiger partial charge on any atom is 0.245 e. The number of hydrogen-bond donors (Lipinski definition) is 0. The van der Waals surface area contributed by atoms with Crippen LogP contribution in [0.2, 0.25) is 0 Å². The van der Waals surface area contributed by atoms with Crippen LogP contribution in [0.5, 0.6) is 0 Å². The fraction of sp³-hybridized carbons (Fsp3) is 0.320. The van der Waals surface area contributed by atoms with Gasteiger partial charge in [0.1, 0.15) is 6.04 Å². The Morgan fingerprint density at radius 2 is 1.94 bits per heavy atom. The second-order valence-corrected chi connectivity index (χ2v) is 9.22. The number of carbonyl (C=O) groups is 2. The molecule has 0 radical (unpaired) electrons. The highest BCUT2D eigenvalue weighted by molar-refractivity contribution is 7.13. The molecule has 4 rings (SSSR count). The van der Waals surface area contributed by atoms with Gasteiger partial charge in [-0.15, -0.1) is 11.3 Å². The molecule has 0 spiro atoms. The molecule has 1 aromatic carbocycles. The first kappa shape index (κ1) is 22.2. The minimum Gasteiger partial charge on any atom is -0.342 e. The topological polar surface area (TPSA) is 56.8 Å². The van der Waals surface area contributed by atoms with Gasteiger partial charge in [-0.2, -0.15) is 0 Å². The number of pyridine rings is 1. The number of thiophene rings is 1. The van der Waals surface area contributed by atoms with Gasteiger partial charge in [0.05, 0.1) is 6.54 Å². The van der Waals surface area contributed by atoms with E-state index in [0.29, 0.717) is 26.1 Å². The molecular formula is C25H28N4O2S. The predicted octanol–water partition coefficient (Wildman–Crippen LogP) is 3.15. The third-order valence-electron chi connectivity index (χ3n) is 5.80. The van der Waals surface area contributed by atoms with Gasteiger partial charge in [0.2, 0.25) is 11.8 Å². The second-order valence-electron chi connectivity index (χ2n) is 8.27. The molecule has 1 aliphatic heterocycles. The summed E-state index contributed by atoms with van der Waals surface area (Å²) in [5.74, 6) is -0.0140. The zero-order valence-electron chi connectivity index (χ0n) is 18.5. The lowest BCUT2D eigenvalue weighted by Crippen LogP contribution is -2.59. The van der Waals surface area contributed by atoms with Crippen molar-refractivity contribution >= 4 is 23.2 Å². The molecule has 7 heteroatoms. The lowest BCUT2D eigenvalue weighted by molar-refractivity contribution is -0.150. The highest BCUT2D eigenvalue weighted by Gasteiger charge is 2.36. The Hall–Kier alpha value is -3.03. The maximum absolute atomic E-state index is 13.2. The molecule has 0 saturated carbocycles. The Balaban J connectivity index is 1.44. The molecule has 1 atom stereocenters. The Labute approximate surface area is 193 Å². The minimum atomic E-state index is -0.472. The van der Waals surface area contributed by atoms with Crippen molar-refractivity contribution in [3.05, 3.63) is 77.4 Å². The molecule has 1 aliphatic rings. The molecule has 6 nitrogen and oxygen atoms in total. The van der Waals surface area contributed by atoms with Crippen LogP contribution in [-0.2, 0) is 22.6 Å². The fourth-order valence-corrected chi connectivity index (χ4v) is 4.79. The van der Waals surface area contributed by atoms with Crippen molar-refractivity contribution in [2.45, 2.75) is 19.0 Å². The van der Waals surface area contributed by atoms with E-state index < -0.39 is 6.04 Å². The summed E-state index contributed by atoms with van der Waals surface area (Å²) in [6.07, 6.45) is 4.07. The van der Waals surface area contributed by atoms with E-state index in [1.165, 1.54) is 10.4 Å². The summed E-state index contributed by atoms with van der Waals surface area (Å²) in [6.45, 7) is 2.01. The molecule has 0 N–H and O–H groups in total. The van der Waals surface area contributed by atoms with E-state index in [-0.39, 0.29) is 18.4 Å². The SMILES string of the molecule is CN(CC(=O)N1CCN(C)C(=O)[C@H]1Cc1ccc(-c2cccs2)cc1)Cc1cccnc1. The third kappa shape index (κ3) is 5.23. The molecule has 0 aliphatic carbocycles. The Morgan fingerprint density at radius 1 is 1.12 bits per heavy atom. The van der Waals surface area contributed by atoms with Gasteiger partial charge in [0.15, 0.2) is 0 Å². The van der Waals surface area contributed by atoms with Crippen molar-refractivity contribution in [2.24, 2.45) is 0 Å². The standard InChI is InChI=1S/C25H28N4O2S/c1-27(17-20-5-3-11-26-16-20)18-24(30)29-13-12-28(2)25(31)22(29)15-19-7-9-21(10-8-19)23-6-4-14-32-23/h3-11,14,16,22H,12-13,15,17-18H2,1-2H3/t22-/m1/s1. The normalized spacial score (nSPS) is 16.6. The summed E-state index contributed by atoms with van der Waals surface area (Å²) in [4.78, 5) is 37.0. The van der Waals surface area contributed by atoms with Crippen molar-refractivity contribution < 1.29 is 9.59 Å². The van der Waals surface area contributed by atoms with Crippen LogP contribution in [0.25, 0.3) is 10.4 Å². The van der Waals surface area contributed by atoms with E-state index in [1.807, 2.05) is 43.4 Å². The average molecular weight is 449 g/mol. The molecule has 1 saturated heterocycles. The first-order valence-corrected chi connectivity index (χ1v) is 11.6. The molecule has 3 heterocycles.